The molecule has 1 unspecified atom stereocenters. The lowest BCUT2D eigenvalue weighted by Crippen LogP contribution is -2.51. The number of hydrogen-bond acceptors (Lipinski definition) is 4. The Balaban J connectivity index is 1.49. The van der Waals surface area contributed by atoms with Gasteiger partial charge in [-0.15, -0.1) is 5.92 Å². The number of carbonyl (C=O) groups excluding carboxylic acids is 2. The number of nitrogens with zero attached hydrogens (tertiary/aromatic N) is 1. The van der Waals surface area contributed by atoms with Crippen LogP contribution in [0.1, 0.15) is 70.8 Å². The van der Waals surface area contributed by atoms with Gasteiger partial charge < -0.3 is 9.64 Å². The van der Waals surface area contributed by atoms with Gasteiger partial charge in [-0.05, 0) is 98.1 Å². The van der Waals surface area contributed by atoms with Crippen molar-refractivity contribution in [2.24, 2.45) is 22.7 Å². The molecule has 1 aromatic rings. The molecule has 0 radical (unpaired) electrons. The summed E-state index contributed by atoms with van der Waals surface area (Å²) in [5, 5.41) is 0. The lowest BCUT2D eigenvalue weighted by Gasteiger charge is -2.55. The van der Waals surface area contributed by atoms with Crippen LogP contribution in [0.2, 0.25) is 0 Å². The summed E-state index contributed by atoms with van der Waals surface area (Å²) in [5.41, 5.74) is 4.42. The topological polar surface area (TPSA) is 46.6 Å². The van der Waals surface area contributed by atoms with E-state index in [0.29, 0.717) is 24.8 Å². The lowest BCUT2D eigenvalue weighted by molar-refractivity contribution is -0.130. The van der Waals surface area contributed by atoms with Crippen LogP contribution in [0.3, 0.4) is 0 Å². The van der Waals surface area contributed by atoms with Crippen LogP contribution >= 0.6 is 0 Å². The Kier molecular flexibility index (Phi) is 6.38. The number of alkyl halides is 1. The van der Waals surface area contributed by atoms with Crippen molar-refractivity contribution < 1.29 is 18.7 Å². The highest BCUT2D eigenvalue weighted by molar-refractivity contribution is 5.93. The summed E-state index contributed by atoms with van der Waals surface area (Å²) in [4.78, 5) is 28.0. The average Bonchev–Trinajstić information content (AvgIpc) is 3.22. The predicted molar refractivity (Wildman–Crippen MR) is 147 cm³/mol. The van der Waals surface area contributed by atoms with E-state index in [4.69, 9.17) is 4.74 Å². The fourth-order valence-corrected chi connectivity index (χ4v) is 8.78. The summed E-state index contributed by atoms with van der Waals surface area (Å²) in [6.07, 6.45) is 4.37. The minimum atomic E-state index is -1.13. The van der Waals surface area contributed by atoms with E-state index in [1.807, 2.05) is 6.92 Å². The Morgan fingerprint density at radius 1 is 1.16 bits per heavy atom. The quantitative estimate of drug-likeness (QED) is 0.466. The molecule has 0 aromatic heterocycles. The number of carbonyl (C=O) groups is 2. The van der Waals surface area contributed by atoms with E-state index in [-0.39, 0.29) is 34.7 Å². The van der Waals surface area contributed by atoms with Gasteiger partial charge in [0.1, 0.15) is 12.0 Å². The number of allylic oxidation sites excluding steroid dienone is 4. The normalized spacial score (nSPS) is 36.5. The number of fused-ring (bicyclic) bond motifs is 4. The molecule has 4 aliphatic carbocycles. The van der Waals surface area contributed by atoms with Gasteiger partial charge in [0.25, 0.3) is 0 Å². The fourth-order valence-electron chi connectivity index (χ4n) is 8.78. The molecule has 38 heavy (non-hydrogen) atoms. The largest absolute Gasteiger partial charge is 0.378 e. The molecule has 0 spiro atoms. The summed E-state index contributed by atoms with van der Waals surface area (Å²) in [7, 11) is 0. The van der Waals surface area contributed by atoms with Crippen molar-refractivity contribution in [3.8, 4) is 11.8 Å². The van der Waals surface area contributed by atoms with Crippen LogP contribution in [0.4, 0.5) is 10.1 Å². The first kappa shape index (κ1) is 25.6. The van der Waals surface area contributed by atoms with Crippen molar-refractivity contribution >= 4 is 17.3 Å². The highest BCUT2D eigenvalue weighted by Crippen LogP contribution is 2.69. The van der Waals surface area contributed by atoms with Crippen LogP contribution in [0, 0.1) is 34.5 Å². The van der Waals surface area contributed by atoms with Crippen LogP contribution in [0.5, 0.6) is 0 Å². The van der Waals surface area contributed by atoms with Gasteiger partial charge in [-0.25, -0.2) is 4.39 Å². The standard InChI is InChI=1S/C33H38FNO3/c1-4-12-33(21(2)36)13-11-29-27-19-30(34)26-18-24(37)9-10-25(26)31(27)28(20-32(29,33)3)22-5-7-23(8-6-22)35-14-16-38-17-15-35/h5-8,18,27-30H,9-11,13-17,19-20H2,1-3H3/t27-,28+,29-,30?,32-,33+/m0/s1. The molecular weight excluding hydrogens is 477 g/mol. The van der Waals surface area contributed by atoms with Crippen LogP contribution in [0.25, 0.3) is 0 Å². The third-order valence-electron chi connectivity index (χ3n) is 10.6. The number of halogens is 1. The first-order valence-electron chi connectivity index (χ1n) is 14.3. The molecule has 200 valence electrons. The maximum absolute atomic E-state index is 15.8. The zero-order valence-corrected chi connectivity index (χ0v) is 22.8. The Labute approximate surface area is 225 Å². The van der Waals surface area contributed by atoms with Crippen LogP contribution in [0.15, 0.2) is 47.1 Å². The van der Waals surface area contributed by atoms with Crippen molar-refractivity contribution in [3.05, 3.63) is 52.6 Å². The van der Waals surface area contributed by atoms with Crippen molar-refractivity contribution in [1.29, 1.82) is 0 Å². The van der Waals surface area contributed by atoms with Crippen LogP contribution in [-0.4, -0.2) is 44.0 Å². The first-order valence-corrected chi connectivity index (χ1v) is 14.3. The van der Waals surface area contributed by atoms with E-state index < -0.39 is 11.6 Å². The molecule has 0 bridgehead atoms. The molecule has 1 aliphatic heterocycles. The number of ketones is 2. The second-order valence-corrected chi connectivity index (χ2v) is 12.2. The van der Waals surface area contributed by atoms with Gasteiger partial charge in [0.15, 0.2) is 5.78 Å². The van der Waals surface area contributed by atoms with Crippen molar-refractivity contribution in [2.75, 3.05) is 31.2 Å². The molecule has 1 aromatic carbocycles. The molecular formula is C33H38FNO3. The van der Waals surface area contributed by atoms with Gasteiger partial charge >= 0.3 is 0 Å². The molecule has 4 nitrogen and oxygen atoms in total. The van der Waals surface area contributed by atoms with E-state index in [1.165, 1.54) is 16.8 Å². The van der Waals surface area contributed by atoms with E-state index in [2.05, 4.69) is 47.9 Å². The van der Waals surface area contributed by atoms with Gasteiger partial charge in [-0.2, -0.15) is 0 Å². The third-order valence-corrected chi connectivity index (χ3v) is 10.6. The number of anilines is 1. The summed E-state index contributed by atoms with van der Waals surface area (Å²) in [5.74, 6) is 7.03. The Hall–Kier alpha value is -2.71. The smallest absolute Gasteiger partial charge is 0.156 e. The molecule has 6 atom stereocenters. The molecule has 2 saturated carbocycles. The molecule has 1 saturated heterocycles. The first-order chi connectivity index (χ1) is 18.3. The molecule has 0 amide bonds. The number of rotatable bonds is 3. The Morgan fingerprint density at radius 2 is 1.89 bits per heavy atom. The number of Topliss-reactive ketones (excluding diaryl/α,β-unsaturated/α-hetero) is 1. The molecule has 3 fully saturated rings. The van der Waals surface area contributed by atoms with E-state index in [9.17, 15) is 9.59 Å². The van der Waals surface area contributed by atoms with Gasteiger partial charge in [0.05, 0.1) is 18.6 Å². The SMILES string of the molecule is CC#C[C@]1(C(C)=O)CC[C@H]2[C@@H]3CC(F)C4=CC(=O)CCC4=C3[C@@H](c3ccc(N4CCOCC4)cc3)C[C@@]21C. The molecule has 0 N–H and O–H groups in total. The zero-order chi connectivity index (χ0) is 26.7. The molecule has 5 heteroatoms. The second kappa shape index (κ2) is 9.49. The number of benzene rings is 1. The zero-order valence-electron chi connectivity index (χ0n) is 22.8. The maximum atomic E-state index is 15.8. The molecule has 5 aliphatic rings. The predicted octanol–water partition coefficient (Wildman–Crippen LogP) is 5.97. The van der Waals surface area contributed by atoms with Gasteiger partial charge in [-0.3, -0.25) is 9.59 Å². The van der Waals surface area contributed by atoms with Crippen molar-refractivity contribution in [3.63, 3.8) is 0 Å². The van der Waals surface area contributed by atoms with Gasteiger partial charge in [0, 0.05) is 31.1 Å². The number of morpholine rings is 1. The number of hydrogen-bond donors (Lipinski definition) is 0. The van der Waals surface area contributed by atoms with E-state index in [1.54, 1.807) is 13.0 Å². The molecule has 1 heterocycles. The highest BCUT2D eigenvalue weighted by atomic mass is 19.1. The Morgan fingerprint density at radius 3 is 2.58 bits per heavy atom. The van der Waals surface area contributed by atoms with Gasteiger partial charge in [-0.1, -0.05) is 30.6 Å². The van der Waals surface area contributed by atoms with Crippen LogP contribution < -0.4 is 4.90 Å². The second-order valence-electron chi connectivity index (χ2n) is 12.2. The van der Waals surface area contributed by atoms with E-state index >= 15 is 4.39 Å². The Bertz CT molecular complexity index is 1280. The summed E-state index contributed by atoms with van der Waals surface area (Å²) in [6.45, 7) is 9.04. The molecule has 6 rings (SSSR count). The van der Waals surface area contributed by atoms with Crippen LogP contribution in [-0.2, 0) is 14.3 Å². The summed E-state index contributed by atoms with van der Waals surface area (Å²) in [6, 6.07) is 8.88. The minimum Gasteiger partial charge on any atom is -0.378 e. The fraction of sp³-hybridized carbons (Fsp3) is 0.576. The highest BCUT2D eigenvalue weighted by Gasteiger charge is 2.65. The minimum absolute atomic E-state index is 0.0344. The maximum Gasteiger partial charge on any atom is 0.156 e. The summed E-state index contributed by atoms with van der Waals surface area (Å²) < 4.78 is 21.3. The lowest BCUT2D eigenvalue weighted by atomic mass is 9.48. The van der Waals surface area contributed by atoms with Gasteiger partial charge in [0.2, 0.25) is 0 Å². The van der Waals surface area contributed by atoms with E-state index in [0.717, 1.165) is 51.1 Å². The van der Waals surface area contributed by atoms with Crippen molar-refractivity contribution in [1.82, 2.24) is 0 Å². The third kappa shape index (κ3) is 3.74. The number of ether oxygens (including phenoxy) is 1. The van der Waals surface area contributed by atoms with Crippen molar-refractivity contribution in [2.45, 2.75) is 71.4 Å². The summed E-state index contributed by atoms with van der Waals surface area (Å²) >= 11 is 0. The average molecular weight is 516 g/mol. The monoisotopic (exact) mass is 515 g/mol.